The molecule has 0 bridgehead atoms. The van der Waals surface area contributed by atoms with Crippen LogP contribution in [0.3, 0.4) is 0 Å². The number of unbranched alkanes of at least 4 members (excludes halogenated alkanes) is 1. The number of aryl methyl sites for hydroxylation is 1. The summed E-state index contributed by atoms with van der Waals surface area (Å²) < 4.78 is 9.21. The lowest BCUT2D eigenvalue weighted by Crippen LogP contribution is -2.33. The van der Waals surface area contributed by atoms with Crippen LogP contribution in [0.4, 0.5) is 5.82 Å². The third-order valence-corrected chi connectivity index (χ3v) is 6.23. The number of aromatic nitrogens is 6. The third kappa shape index (κ3) is 6.49. The molecule has 0 aromatic carbocycles. The molecule has 4 rings (SSSR count). The SMILES string of the molecule is CCC1CCC(n2cc(/C=C/C(=O)NCCNc3ncnc4c3ncn4CCCCN)c(=O)[nH]c2=O)O1. The van der Waals surface area contributed by atoms with Gasteiger partial charge in [-0.2, -0.15) is 0 Å². The molecule has 0 radical (unpaired) electrons. The maximum Gasteiger partial charge on any atom is 0.330 e. The van der Waals surface area contributed by atoms with Crippen molar-refractivity contribution in [2.75, 3.05) is 25.0 Å². The topological polar surface area (TPSA) is 175 Å². The monoisotopic (exact) mass is 511 g/mol. The lowest BCUT2D eigenvalue weighted by atomic mass is 10.2. The van der Waals surface area contributed by atoms with Crippen molar-refractivity contribution >= 4 is 29.0 Å². The van der Waals surface area contributed by atoms with Gasteiger partial charge in [0.05, 0.1) is 18.0 Å². The maximum atomic E-state index is 12.3. The van der Waals surface area contributed by atoms with Gasteiger partial charge in [-0.1, -0.05) is 6.92 Å². The van der Waals surface area contributed by atoms with Gasteiger partial charge in [0.1, 0.15) is 18.1 Å². The van der Waals surface area contributed by atoms with Crippen molar-refractivity contribution in [3.8, 4) is 0 Å². The van der Waals surface area contributed by atoms with Crippen LogP contribution in [0.2, 0.25) is 0 Å². The van der Waals surface area contributed by atoms with E-state index in [-0.39, 0.29) is 17.6 Å². The van der Waals surface area contributed by atoms with Crippen LogP contribution in [-0.4, -0.2) is 60.7 Å². The number of ether oxygens (including phenoxy) is 1. The first kappa shape index (κ1) is 26.2. The van der Waals surface area contributed by atoms with Crippen LogP contribution >= 0.6 is 0 Å². The van der Waals surface area contributed by atoms with Crippen molar-refractivity contribution < 1.29 is 9.53 Å². The molecule has 0 saturated carbocycles. The highest BCUT2D eigenvalue weighted by Crippen LogP contribution is 2.28. The average molecular weight is 512 g/mol. The highest BCUT2D eigenvalue weighted by Gasteiger charge is 2.26. The fourth-order valence-corrected chi connectivity index (χ4v) is 4.22. The lowest BCUT2D eigenvalue weighted by Gasteiger charge is -2.15. The smallest absolute Gasteiger partial charge is 0.330 e. The summed E-state index contributed by atoms with van der Waals surface area (Å²) >= 11 is 0. The highest BCUT2D eigenvalue weighted by atomic mass is 16.5. The summed E-state index contributed by atoms with van der Waals surface area (Å²) in [6.07, 6.45) is 11.2. The Labute approximate surface area is 213 Å². The van der Waals surface area contributed by atoms with Gasteiger partial charge in [-0.25, -0.2) is 19.7 Å². The molecule has 13 heteroatoms. The largest absolute Gasteiger partial charge is 0.366 e. The second kappa shape index (κ2) is 12.4. The predicted molar refractivity (Wildman–Crippen MR) is 139 cm³/mol. The summed E-state index contributed by atoms with van der Waals surface area (Å²) in [7, 11) is 0. The molecular weight excluding hydrogens is 478 g/mol. The van der Waals surface area contributed by atoms with Crippen molar-refractivity contribution in [2.45, 2.75) is 57.9 Å². The first-order chi connectivity index (χ1) is 18.0. The molecule has 1 saturated heterocycles. The Kier molecular flexibility index (Phi) is 8.80. The summed E-state index contributed by atoms with van der Waals surface area (Å²) in [5, 5.41) is 5.92. The number of nitrogens with one attached hydrogen (secondary N) is 3. The summed E-state index contributed by atoms with van der Waals surface area (Å²) in [6.45, 7) is 4.18. The van der Waals surface area contributed by atoms with Crippen LogP contribution in [-0.2, 0) is 16.1 Å². The van der Waals surface area contributed by atoms with Crippen LogP contribution in [0.25, 0.3) is 17.2 Å². The molecule has 2 unspecified atom stereocenters. The number of amides is 1. The van der Waals surface area contributed by atoms with E-state index in [9.17, 15) is 14.4 Å². The van der Waals surface area contributed by atoms with Crippen molar-refractivity contribution in [2.24, 2.45) is 5.73 Å². The van der Waals surface area contributed by atoms with Crippen LogP contribution in [0.5, 0.6) is 0 Å². The van der Waals surface area contributed by atoms with E-state index in [2.05, 4.69) is 30.6 Å². The number of nitrogens with zero attached hydrogens (tertiary/aromatic N) is 5. The van der Waals surface area contributed by atoms with Crippen LogP contribution in [0, 0.1) is 0 Å². The minimum absolute atomic E-state index is 0.0951. The van der Waals surface area contributed by atoms with Crippen LogP contribution < -0.4 is 27.6 Å². The minimum Gasteiger partial charge on any atom is -0.366 e. The molecule has 198 valence electrons. The fraction of sp³-hybridized carbons (Fsp3) is 0.500. The number of rotatable bonds is 12. The quantitative estimate of drug-likeness (QED) is 0.202. The molecule has 0 aliphatic carbocycles. The van der Waals surface area contributed by atoms with E-state index in [0.29, 0.717) is 37.4 Å². The molecule has 1 fully saturated rings. The molecule has 3 aromatic rings. The van der Waals surface area contributed by atoms with Gasteiger partial charge in [-0.15, -0.1) is 0 Å². The minimum atomic E-state index is -0.563. The molecular formula is C24H33N9O4. The third-order valence-electron chi connectivity index (χ3n) is 6.23. The average Bonchev–Trinajstić information content (AvgIpc) is 3.54. The number of carbonyl (C=O) groups is 1. The van der Waals surface area contributed by atoms with Gasteiger partial charge in [0.15, 0.2) is 11.5 Å². The summed E-state index contributed by atoms with van der Waals surface area (Å²) in [6, 6.07) is 0. The van der Waals surface area contributed by atoms with E-state index in [1.54, 1.807) is 6.33 Å². The fourth-order valence-electron chi connectivity index (χ4n) is 4.22. The standard InChI is InChI=1S/C24H33N9O4/c1-2-17-6-8-19(37-17)33-13-16(23(35)31-24(33)36)5-7-18(34)26-10-11-27-21-20-22(29-14-28-21)32(15-30-20)12-4-3-9-25/h5,7,13-15,17,19H,2-4,6,8-12,25H2,1H3,(H,26,34)(H,27,28,29)(H,31,35,36)/b7-5+. The van der Waals surface area contributed by atoms with E-state index in [4.69, 9.17) is 10.5 Å². The van der Waals surface area contributed by atoms with Crippen molar-refractivity contribution in [1.29, 1.82) is 0 Å². The number of aromatic amines is 1. The van der Waals surface area contributed by atoms with Crippen LogP contribution in [0.1, 0.15) is 50.8 Å². The van der Waals surface area contributed by atoms with E-state index in [1.165, 1.54) is 29.2 Å². The molecule has 0 spiro atoms. The summed E-state index contributed by atoms with van der Waals surface area (Å²) in [5.74, 6) is 0.208. The van der Waals surface area contributed by atoms with E-state index in [1.807, 2.05) is 11.5 Å². The second-order valence-electron chi connectivity index (χ2n) is 8.83. The first-order valence-corrected chi connectivity index (χ1v) is 12.6. The molecule has 1 aliphatic heterocycles. The van der Waals surface area contributed by atoms with Crippen molar-refractivity contribution in [1.82, 2.24) is 34.4 Å². The van der Waals surface area contributed by atoms with Gasteiger partial charge >= 0.3 is 5.69 Å². The number of hydrogen-bond donors (Lipinski definition) is 4. The lowest BCUT2D eigenvalue weighted by molar-refractivity contribution is -0.116. The number of fused-ring (bicyclic) bond motifs is 1. The Balaban J connectivity index is 1.30. The van der Waals surface area contributed by atoms with Gasteiger partial charge in [-0.05, 0) is 44.7 Å². The maximum absolute atomic E-state index is 12.3. The first-order valence-electron chi connectivity index (χ1n) is 12.6. The van der Waals surface area contributed by atoms with E-state index >= 15 is 0 Å². The van der Waals surface area contributed by atoms with Gasteiger partial charge < -0.3 is 25.7 Å². The summed E-state index contributed by atoms with van der Waals surface area (Å²) in [5.41, 5.74) is 6.07. The van der Waals surface area contributed by atoms with E-state index in [0.717, 1.165) is 37.9 Å². The molecule has 1 amide bonds. The number of H-pyrrole nitrogens is 1. The Morgan fingerprint density at radius 2 is 2.11 bits per heavy atom. The number of imidazole rings is 1. The molecule has 13 nitrogen and oxygen atoms in total. The number of anilines is 1. The van der Waals surface area contributed by atoms with Crippen molar-refractivity contribution in [3.05, 3.63) is 51.3 Å². The molecule has 37 heavy (non-hydrogen) atoms. The molecule has 1 aliphatic rings. The highest BCUT2D eigenvalue weighted by molar-refractivity contribution is 5.91. The zero-order valence-corrected chi connectivity index (χ0v) is 20.9. The number of nitrogens with two attached hydrogens (primary N) is 1. The van der Waals surface area contributed by atoms with Gasteiger partial charge in [0.25, 0.3) is 5.56 Å². The van der Waals surface area contributed by atoms with Gasteiger partial charge in [0.2, 0.25) is 5.91 Å². The Hall–Kier alpha value is -3.84. The molecule has 2 atom stereocenters. The molecule has 4 heterocycles. The predicted octanol–water partition coefficient (Wildman–Crippen LogP) is 0.744. The normalized spacial score (nSPS) is 17.6. The summed E-state index contributed by atoms with van der Waals surface area (Å²) in [4.78, 5) is 52.0. The number of carbonyl (C=O) groups excluding carboxylic acids is 1. The van der Waals surface area contributed by atoms with Gasteiger partial charge in [0, 0.05) is 31.9 Å². The Bertz CT molecular complexity index is 1360. The number of hydrogen-bond acceptors (Lipinski definition) is 9. The van der Waals surface area contributed by atoms with E-state index < -0.39 is 17.5 Å². The zero-order chi connectivity index (χ0) is 26.2. The van der Waals surface area contributed by atoms with Crippen LogP contribution in [0.15, 0.2) is 34.5 Å². The van der Waals surface area contributed by atoms with Crippen molar-refractivity contribution in [3.63, 3.8) is 0 Å². The second-order valence-corrected chi connectivity index (χ2v) is 8.83. The molecule has 5 N–H and O–H groups in total. The molecule has 3 aromatic heterocycles. The Morgan fingerprint density at radius 1 is 1.24 bits per heavy atom. The Morgan fingerprint density at radius 3 is 2.89 bits per heavy atom. The van der Waals surface area contributed by atoms with Gasteiger partial charge in [-0.3, -0.25) is 19.1 Å². The zero-order valence-electron chi connectivity index (χ0n) is 20.9.